The Balaban J connectivity index is 6.21. The minimum atomic E-state index is -8.29. The van der Waals surface area contributed by atoms with Crippen molar-refractivity contribution in [1.82, 2.24) is 0 Å². The molecule has 0 aromatic carbocycles. The number of hydrogen-bond donors (Lipinski definition) is 0. The van der Waals surface area contributed by atoms with E-state index in [1.54, 1.807) is 0 Å². The lowest BCUT2D eigenvalue weighted by molar-refractivity contribution is -0.238. The molecule has 0 aliphatic carbocycles. The van der Waals surface area contributed by atoms with E-state index in [4.69, 9.17) is 0 Å². The molecule has 130 valence electrons. The highest BCUT2D eigenvalue weighted by Crippen LogP contribution is 2.72. The van der Waals surface area contributed by atoms with Crippen LogP contribution in [0.2, 0.25) is 0 Å². The smallest absolute Gasteiger partial charge is 0.169 e. The minimum absolute atomic E-state index is 6.04. The molecule has 0 heterocycles. The fraction of sp³-hybridized carbons (Fsp3) is 1.00. The first-order valence-corrected chi connectivity index (χ1v) is 5.76. The summed E-state index contributed by atoms with van der Waals surface area (Å²) >= 11 is 0. The van der Waals surface area contributed by atoms with E-state index in [9.17, 15) is 60.5 Å². The van der Waals surface area contributed by atoms with Crippen LogP contribution < -0.4 is 0 Å². The van der Waals surface area contributed by atoms with Crippen molar-refractivity contribution in [2.24, 2.45) is 0 Å². The van der Waals surface area contributed by atoms with Gasteiger partial charge >= 0.3 is 24.7 Å². The van der Waals surface area contributed by atoms with Crippen LogP contribution in [0.5, 0.6) is 0 Å². The lowest BCUT2D eigenvalue weighted by Gasteiger charge is -2.39. The van der Waals surface area contributed by atoms with Gasteiger partial charge in [-0.15, -0.1) is 0 Å². The normalized spacial score (nSPS) is 16.8. The fourth-order valence-corrected chi connectivity index (χ4v) is 2.92. The van der Waals surface area contributed by atoms with Gasteiger partial charge in [0.15, 0.2) is 0 Å². The molecule has 0 aliphatic heterocycles. The van der Waals surface area contributed by atoms with Crippen LogP contribution in [-0.2, 0) is 0 Å². The Kier molecular flexibility index (Phi) is 5.07. The standard InChI is InChI=1S/C6H2F14S/c7-3(8,9)1(4(10,11)12)21(19,20)2(5(13,14)15)6(16,17)18/h1-2H. The Morgan fingerprint density at radius 2 is 0.571 bits per heavy atom. The Labute approximate surface area is 108 Å². The van der Waals surface area contributed by atoms with Gasteiger partial charge in [0, 0.05) is 0 Å². The van der Waals surface area contributed by atoms with Crippen LogP contribution >= 0.6 is 10.8 Å². The van der Waals surface area contributed by atoms with Gasteiger partial charge in [-0.05, 0) is 0 Å². The van der Waals surface area contributed by atoms with Crippen LogP contribution in [0.4, 0.5) is 60.5 Å². The van der Waals surface area contributed by atoms with Gasteiger partial charge in [0.25, 0.3) is 0 Å². The third-order valence-corrected chi connectivity index (χ3v) is 4.14. The van der Waals surface area contributed by atoms with E-state index in [1.807, 2.05) is 0 Å². The molecular formula is C6H2F14S. The van der Waals surface area contributed by atoms with Crippen molar-refractivity contribution >= 4 is 10.8 Å². The van der Waals surface area contributed by atoms with Crippen molar-refractivity contribution in [3.63, 3.8) is 0 Å². The Hall–Kier alpha value is -0.630. The summed E-state index contributed by atoms with van der Waals surface area (Å²) in [6, 6.07) is 0. The summed E-state index contributed by atoms with van der Waals surface area (Å²) in [5.41, 5.74) is 0. The van der Waals surface area contributed by atoms with E-state index in [0.717, 1.165) is 0 Å². The Bertz CT molecular complexity index is 292. The monoisotopic (exact) mass is 372 g/mol. The van der Waals surface area contributed by atoms with Crippen molar-refractivity contribution in [3.05, 3.63) is 0 Å². The molecule has 0 bridgehead atoms. The largest absolute Gasteiger partial charge is 0.412 e. The summed E-state index contributed by atoms with van der Waals surface area (Å²) in [4.78, 5) is 0. The number of hydrogen-bond acceptors (Lipinski definition) is 0. The molecule has 0 atom stereocenters. The summed E-state index contributed by atoms with van der Waals surface area (Å²) in [6.45, 7) is 0. The highest BCUT2D eigenvalue weighted by Gasteiger charge is 2.77. The highest BCUT2D eigenvalue weighted by atomic mass is 32.3. The SMILES string of the molecule is FC(F)(F)C(C(F)(F)F)S(F)(F)C(C(F)(F)F)C(F)(F)F. The molecule has 15 heteroatoms. The maximum absolute atomic E-state index is 12.9. The predicted octanol–water partition coefficient (Wildman–Crippen LogP) is 5.55. The first-order chi connectivity index (χ1) is 8.73. The van der Waals surface area contributed by atoms with Crippen LogP contribution in [0.15, 0.2) is 0 Å². The fourth-order valence-electron chi connectivity index (χ4n) is 1.22. The molecule has 0 rings (SSSR count). The van der Waals surface area contributed by atoms with Gasteiger partial charge in [-0.2, -0.15) is 60.5 Å². The van der Waals surface area contributed by atoms with Gasteiger partial charge in [0.2, 0.25) is 10.5 Å². The molecule has 0 nitrogen and oxygen atoms in total. The molecule has 0 aromatic rings. The van der Waals surface area contributed by atoms with Gasteiger partial charge in [0.05, 0.1) is 10.8 Å². The minimum Gasteiger partial charge on any atom is -0.169 e. The first kappa shape index (κ1) is 20.4. The van der Waals surface area contributed by atoms with Crippen LogP contribution in [-0.4, -0.2) is 35.2 Å². The average Bonchev–Trinajstić information content (AvgIpc) is 1.84. The zero-order valence-electron chi connectivity index (χ0n) is 8.85. The summed E-state index contributed by atoms with van der Waals surface area (Å²) in [7, 11) is -8.29. The third kappa shape index (κ3) is 4.67. The van der Waals surface area contributed by atoms with E-state index >= 15 is 0 Å². The summed E-state index contributed by atoms with van der Waals surface area (Å²) in [6.07, 6.45) is -28.1. The van der Waals surface area contributed by atoms with Gasteiger partial charge < -0.3 is 0 Å². The molecule has 0 spiro atoms. The number of rotatable bonds is 2. The lowest BCUT2D eigenvalue weighted by atomic mass is 10.4. The molecule has 0 saturated heterocycles. The van der Waals surface area contributed by atoms with Gasteiger partial charge in [-0.1, -0.05) is 0 Å². The van der Waals surface area contributed by atoms with Gasteiger partial charge in [-0.3, -0.25) is 0 Å². The lowest BCUT2D eigenvalue weighted by Crippen LogP contribution is -2.53. The van der Waals surface area contributed by atoms with Crippen LogP contribution in [0.3, 0.4) is 0 Å². The second kappa shape index (κ2) is 5.22. The van der Waals surface area contributed by atoms with Crippen LogP contribution in [0.1, 0.15) is 0 Å². The van der Waals surface area contributed by atoms with E-state index in [-0.39, 0.29) is 0 Å². The van der Waals surface area contributed by atoms with E-state index in [0.29, 0.717) is 0 Å². The number of halogens is 14. The van der Waals surface area contributed by atoms with Gasteiger partial charge in [0.1, 0.15) is 0 Å². The zero-order valence-corrected chi connectivity index (χ0v) is 9.67. The molecule has 0 radical (unpaired) electrons. The predicted molar refractivity (Wildman–Crippen MR) is 41.6 cm³/mol. The van der Waals surface area contributed by atoms with Crippen molar-refractivity contribution < 1.29 is 60.5 Å². The van der Waals surface area contributed by atoms with Crippen LogP contribution in [0, 0.1) is 0 Å². The molecular weight excluding hydrogens is 370 g/mol. The van der Waals surface area contributed by atoms with Gasteiger partial charge in [-0.25, -0.2) is 0 Å². The van der Waals surface area contributed by atoms with E-state index in [2.05, 4.69) is 0 Å². The maximum Gasteiger partial charge on any atom is 0.412 e. The average molecular weight is 372 g/mol. The molecule has 0 aromatic heterocycles. The number of alkyl halides is 12. The molecule has 0 fully saturated rings. The molecule has 0 aliphatic rings. The van der Waals surface area contributed by atoms with Crippen molar-refractivity contribution in [2.75, 3.05) is 0 Å². The van der Waals surface area contributed by atoms with E-state index < -0.39 is 46.0 Å². The first-order valence-electron chi connectivity index (χ1n) is 4.20. The molecule has 0 unspecified atom stereocenters. The molecule has 0 saturated carbocycles. The molecule has 0 amide bonds. The van der Waals surface area contributed by atoms with E-state index in [1.165, 1.54) is 0 Å². The Morgan fingerprint density at radius 1 is 0.429 bits per heavy atom. The maximum atomic E-state index is 12.9. The second-order valence-electron chi connectivity index (χ2n) is 3.48. The quantitative estimate of drug-likeness (QED) is 0.558. The Morgan fingerprint density at radius 3 is 0.667 bits per heavy atom. The van der Waals surface area contributed by atoms with Crippen molar-refractivity contribution in [3.8, 4) is 0 Å². The van der Waals surface area contributed by atoms with Crippen molar-refractivity contribution in [2.45, 2.75) is 35.2 Å². The summed E-state index contributed by atoms with van der Waals surface area (Å²) < 4.78 is 169. The molecule has 0 N–H and O–H groups in total. The third-order valence-electron chi connectivity index (χ3n) is 1.82. The highest BCUT2D eigenvalue weighted by molar-refractivity contribution is 8.26. The summed E-state index contributed by atoms with van der Waals surface area (Å²) in [5, 5.41) is -12.1. The van der Waals surface area contributed by atoms with Crippen LogP contribution in [0.25, 0.3) is 0 Å². The zero-order chi connectivity index (χ0) is 17.7. The molecule has 21 heavy (non-hydrogen) atoms. The van der Waals surface area contributed by atoms with Crippen molar-refractivity contribution in [1.29, 1.82) is 0 Å². The second-order valence-corrected chi connectivity index (χ2v) is 5.52. The topological polar surface area (TPSA) is 0 Å². The summed E-state index contributed by atoms with van der Waals surface area (Å²) in [5.74, 6) is 0.